The fourth-order valence-corrected chi connectivity index (χ4v) is 8.34. The fourth-order valence-electron chi connectivity index (χ4n) is 7.60. The largest absolute Gasteiger partial charge is 0.606 e. The number of likely N-dealkylation sites (N-methyl/N-ethyl adjacent to an activating group) is 1. The molecular formula is C48H97NO8P+. The second kappa shape index (κ2) is 32.8. The van der Waals surface area contributed by atoms with E-state index in [1.165, 1.54) is 77.0 Å². The van der Waals surface area contributed by atoms with Crippen LogP contribution in [-0.2, 0) is 28.1 Å². The van der Waals surface area contributed by atoms with E-state index >= 15 is 0 Å². The lowest BCUT2D eigenvalue weighted by Gasteiger charge is -2.26. The molecule has 346 valence electrons. The van der Waals surface area contributed by atoms with E-state index in [0.29, 0.717) is 22.9 Å². The molecule has 58 heavy (non-hydrogen) atoms. The molecule has 0 saturated carbocycles. The van der Waals surface area contributed by atoms with Gasteiger partial charge >= 0.3 is 20.1 Å². The van der Waals surface area contributed by atoms with Crippen molar-refractivity contribution in [2.75, 3.05) is 47.5 Å². The summed E-state index contributed by atoms with van der Waals surface area (Å²) in [5.74, 6) is 4.00. The van der Waals surface area contributed by atoms with Gasteiger partial charge in [0, 0.05) is 12.8 Å². The molecule has 0 aliphatic heterocycles. The summed E-state index contributed by atoms with van der Waals surface area (Å²) in [5.41, 5.74) is 0. The maximum absolute atomic E-state index is 13.1. The molecule has 0 bridgehead atoms. The van der Waals surface area contributed by atoms with Crippen LogP contribution in [0.15, 0.2) is 0 Å². The molecule has 0 radical (unpaired) electrons. The highest BCUT2D eigenvalue weighted by Gasteiger charge is 2.32. The minimum Gasteiger partial charge on any atom is -0.606 e. The fraction of sp³-hybridized carbons (Fsp3) is 0.958. The van der Waals surface area contributed by atoms with Crippen LogP contribution in [0.4, 0.5) is 0 Å². The second-order valence-corrected chi connectivity index (χ2v) is 22.3. The van der Waals surface area contributed by atoms with Crippen LogP contribution in [0, 0.1) is 47.3 Å². The number of phosphoric ester groups is 1. The minimum atomic E-state index is -4.40. The molecule has 0 aromatic carbocycles. The van der Waals surface area contributed by atoms with Crippen molar-refractivity contribution in [3.63, 3.8) is 0 Å². The molecule has 0 aromatic rings. The zero-order valence-electron chi connectivity index (χ0n) is 40.4. The molecule has 0 amide bonds. The van der Waals surface area contributed by atoms with E-state index in [9.17, 15) is 19.4 Å². The third-order valence-electron chi connectivity index (χ3n) is 11.7. The van der Waals surface area contributed by atoms with E-state index in [0.717, 1.165) is 62.2 Å². The van der Waals surface area contributed by atoms with Gasteiger partial charge < -0.3 is 18.9 Å². The van der Waals surface area contributed by atoms with Gasteiger partial charge in [0.1, 0.15) is 26.4 Å². The number of ether oxygens (including phenoxy) is 2. The highest BCUT2D eigenvalue weighted by Crippen LogP contribution is 2.47. The van der Waals surface area contributed by atoms with E-state index in [-0.39, 0.29) is 43.9 Å². The Hall–Kier alpha value is -0.830. The Labute approximate surface area is 360 Å². The number of carbonyl (C=O) groups excluding carboxylic acids is 2. The van der Waals surface area contributed by atoms with Crippen LogP contribution in [0.1, 0.15) is 198 Å². The van der Waals surface area contributed by atoms with Crippen molar-refractivity contribution in [1.29, 1.82) is 0 Å². The average molecular weight is 847 g/mol. The van der Waals surface area contributed by atoms with Crippen LogP contribution >= 0.6 is 8.17 Å². The van der Waals surface area contributed by atoms with Gasteiger partial charge in [0.15, 0.2) is 6.10 Å². The quantitative estimate of drug-likeness (QED) is 0.0371. The zero-order chi connectivity index (χ0) is 44.1. The van der Waals surface area contributed by atoms with Crippen molar-refractivity contribution >= 4 is 20.1 Å². The predicted molar refractivity (Wildman–Crippen MR) is 242 cm³/mol. The number of esters is 2. The summed E-state index contributed by atoms with van der Waals surface area (Å²) in [7, 11) is 1.46. The Morgan fingerprint density at radius 1 is 0.517 bits per heavy atom. The molecule has 9 nitrogen and oxygen atoms in total. The first-order valence-electron chi connectivity index (χ1n) is 23.8. The van der Waals surface area contributed by atoms with Crippen molar-refractivity contribution < 1.29 is 42.4 Å². The van der Waals surface area contributed by atoms with Gasteiger partial charge in [-0.1, -0.05) is 185 Å². The summed E-state index contributed by atoms with van der Waals surface area (Å²) >= 11 is 0. The van der Waals surface area contributed by atoms with Crippen molar-refractivity contribution in [2.45, 2.75) is 204 Å². The summed E-state index contributed by atoms with van der Waals surface area (Å²) in [6.45, 7) is 22.7. The van der Waals surface area contributed by atoms with Gasteiger partial charge in [0.05, 0.1) is 21.1 Å². The van der Waals surface area contributed by atoms with Gasteiger partial charge in [-0.25, -0.2) is 0 Å². The van der Waals surface area contributed by atoms with Crippen LogP contribution in [0.2, 0.25) is 0 Å². The summed E-state index contributed by atoms with van der Waals surface area (Å²) < 4.78 is 22.2. The van der Waals surface area contributed by atoms with Crippen LogP contribution in [0.5, 0.6) is 0 Å². The number of hydrogen-bond donors (Lipinski definition) is 1. The van der Waals surface area contributed by atoms with E-state index in [1.807, 2.05) is 21.1 Å². The van der Waals surface area contributed by atoms with Gasteiger partial charge in [-0.05, 0) is 47.3 Å². The third kappa shape index (κ3) is 37.0. The molecule has 0 rings (SSSR count). The van der Waals surface area contributed by atoms with Gasteiger partial charge in [-0.3, -0.25) is 9.59 Å². The van der Waals surface area contributed by atoms with Crippen LogP contribution in [0.3, 0.4) is 0 Å². The summed E-state index contributed by atoms with van der Waals surface area (Å²) in [6.07, 6.45) is 21.4. The Kier molecular flexibility index (Phi) is 32.4. The van der Waals surface area contributed by atoms with E-state index in [4.69, 9.17) is 18.5 Å². The lowest BCUT2D eigenvalue weighted by Crippen LogP contribution is -2.38. The number of phosphoric acid groups is 1. The normalized spacial score (nSPS) is 17.1. The van der Waals surface area contributed by atoms with E-state index < -0.39 is 26.9 Å². The van der Waals surface area contributed by atoms with Gasteiger partial charge in [0.25, 0.3) is 0 Å². The van der Waals surface area contributed by atoms with Gasteiger partial charge in [-0.15, -0.1) is 0 Å². The molecule has 10 heteroatoms. The summed E-state index contributed by atoms with van der Waals surface area (Å²) in [5, 5.41) is 0. The van der Waals surface area contributed by atoms with E-state index in [2.05, 4.69) is 69.2 Å². The Morgan fingerprint density at radius 2 is 0.862 bits per heavy atom. The number of hydrogen-bond acceptors (Lipinski definition) is 8. The van der Waals surface area contributed by atoms with Crippen LogP contribution < -0.4 is 4.89 Å². The molecule has 0 heterocycles. The molecule has 0 saturated heterocycles. The number of quaternary nitrogens is 1. The Morgan fingerprint density at radius 3 is 1.22 bits per heavy atom. The summed E-state index contributed by atoms with van der Waals surface area (Å²) in [6, 6.07) is 0. The lowest BCUT2D eigenvalue weighted by atomic mass is 9.91. The van der Waals surface area contributed by atoms with Crippen molar-refractivity contribution in [2.24, 2.45) is 47.3 Å². The molecule has 3 unspecified atom stereocenters. The number of carbonyl (C=O) groups is 2. The second-order valence-electron chi connectivity index (χ2n) is 20.8. The van der Waals surface area contributed by atoms with Gasteiger partial charge in [-0.2, -0.15) is 13.9 Å². The predicted octanol–water partition coefficient (Wildman–Crippen LogP) is 12.1. The molecule has 0 aliphatic carbocycles. The maximum Gasteiger partial charge on any atom is 0.377 e. The van der Waals surface area contributed by atoms with Crippen LogP contribution in [0.25, 0.3) is 0 Å². The Bertz CT molecular complexity index is 1020. The van der Waals surface area contributed by atoms with Gasteiger partial charge in [0.2, 0.25) is 0 Å². The summed E-state index contributed by atoms with van der Waals surface area (Å²) in [4.78, 5) is 48.9. The van der Waals surface area contributed by atoms with Crippen molar-refractivity contribution in [3.05, 3.63) is 0 Å². The molecule has 0 aromatic heterocycles. The van der Waals surface area contributed by atoms with Crippen LogP contribution in [-0.4, -0.2) is 74.9 Å². The molecule has 0 aliphatic rings. The lowest BCUT2D eigenvalue weighted by molar-refractivity contribution is -0.870. The first-order valence-corrected chi connectivity index (χ1v) is 25.3. The monoisotopic (exact) mass is 847 g/mol. The van der Waals surface area contributed by atoms with E-state index in [1.54, 1.807) is 0 Å². The smallest absolute Gasteiger partial charge is 0.377 e. The average Bonchev–Trinajstić information content (AvgIpc) is 3.08. The molecule has 1 N–H and O–H groups in total. The topological polar surface area (TPSA) is 114 Å². The minimum absolute atomic E-state index is 0.0266. The SMILES string of the molecule is CC(C)CCC[C@H](C)CCC[C@H](C)CCCC(C)CC(=O)OC[C@H](CO[P+]([O-])(O)OCC[N+](C)(C)C)OC(=O)CC(C)CCC[C@@H](C)CCC[C@@H](C)CCCC(C)C. The molecular weight excluding hydrogens is 750 g/mol. The molecule has 0 fully saturated rings. The highest BCUT2D eigenvalue weighted by atomic mass is 31.2. The third-order valence-corrected chi connectivity index (χ3v) is 12.7. The first-order chi connectivity index (χ1) is 27.1. The molecule has 8 atom stereocenters. The zero-order valence-corrected chi connectivity index (χ0v) is 41.3. The number of rotatable bonds is 38. The standard InChI is InChI=1S/C48H96NO8P/c1-38(2)20-14-22-40(5)24-16-26-42(7)28-18-30-44(9)34-47(50)54-36-46(37-56-58(52,53)55-33-32-49(11,12)13)57-48(51)35-45(10)31-19-29-43(8)27-17-25-41(6)23-15-21-39(3)4/h38-46H,14-37H2,1-13H3/p+1/t40-,41-,42-,43-,44?,45?,46+/m0/s1. The molecule has 0 spiro atoms. The van der Waals surface area contributed by atoms with Crippen molar-refractivity contribution in [1.82, 2.24) is 0 Å². The number of nitrogens with zero attached hydrogens (tertiary/aromatic N) is 1. The highest BCUT2D eigenvalue weighted by molar-refractivity contribution is 7.52. The Balaban J connectivity index is 4.81. The van der Waals surface area contributed by atoms with Crippen molar-refractivity contribution in [3.8, 4) is 0 Å². The maximum atomic E-state index is 13.1. The first kappa shape index (κ1) is 57.2.